The Morgan fingerprint density at radius 3 is 2.31 bits per heavy atom. The van der Waals surface area contributed by atoms with Crippen LogP contribution in [-0.4, -0.2) is 50.0 Å². The monoisotopic (exact) mass is 553 g/mol. The van der Waals surface area contributed by atoms with E-state index in [4.69, 9.17) is 23.2 Å². The average Bonchev–Trinajstić information content (AvgIpc) is 2.85. The van der Waals surface area contributed by atoms with Crippen LogP contribution < -0.4 is 9.62 Å². The van der Waals surface area contributed by atoms with Crippen molar-refractivity contribution in [3.8, 4) is 0 Å². The Kier molecular flexibility index (Phi) is 10.0. The summed E-state index contributed by atoms with van der Waals surface area (Å²) >= 11 is 12.4. The lowest BCUT2D eigenvalue weighted by Crippen LogP contribution is -2.54. The maximum absolute atomic E-state index is 13.7. The lowest BCUT2D eigenvalue weighted by atomic mass is 9.95. The number of sulfonamides is 1. The van der Waals surface area contributed by atoms with Crippen molar-refractivity contribution < 1.29 is 18.0 Å². The molecule has 0 aliphatic heterocycles. The van der Waals surface area contributed by atoms with Crippen LogP contribution in [0.1, 0.15) is 51.0 Å². The van der Waals surface area contributed by atoms with Crippen LogP contribution in [0.15, 0.2) is 48.5 Å². The van der Waals surface area contributed by atoms with Gasteiger partial charge in [-0.2, -0.15) is 0 Å². The van der Waals surface area contributed by atoms with Gasteiger partial charge in [0, 0.05) is 12.6 Å². The van der Waals surface area contributed by atoms with E-state index in [0.717, 1.165) is 48.2 Å². The fourth-order valence-corrected chi connectivity index (χ4v) is 5.83. The average molecular weight is 555 g/mol. The molecule has 1 atom stereocenters. The van der Waals surface area contributed by atoms with Crippen molar-refractivity contribution in [3.63, 3.8) is 0 Å². The van der Waals surface area contributed by atoms with Crippen molar-refractivity contribution in [1.29, 1.82) is 0 Å². The molecular formula is C26H33Cl2N3O4S. The number of rotatable bonds is 10. The number of amides is 2. The maximum atomic E-state index is 13.7. The quantitative estimate of drug-likeness (QED) is 0.447. The van der Waals surface area contributed by atoms with Gasteiger partial charge in [-0.1, -0.05) is 85.8 Å². The Hall–Kier alpha value is -2.29. The molecule has 1 aliphatic carbocycles. The summed E-state index contributed by atoms with van der Waals surface area (Å²) in [6.45, 7) is 1.49. The number of nitrogens with zero attached hydrogens (tertiary/aromatic N) is 2. The number of nitrogens with one attached hydrogen (secondary N) is 1. The standard InChI is InChI=1S/C26H33Cl2N3O4S/c1-3-22(26(33)29-20-13-8-5-9-14-20)30(17-19-11-6-4-7-12-19)24(32)18-31(36(2,34)35)23-16-10-15-21(27)25(23)28/h4,6-7,10-12,15-16,20,22H,3,5,8-9,13-14,17-18H2,1-2H3,(H,29,33)/t22-/m1/s1. The van der Waals surface area contributed by atoms with Gasteiger partial charge in [-0.15, -0.1) is 0 Å². The second kappa shape index (κ2) is 12.8. The number of halogens is 2. The molecule has 36 heavy (non-hydrogen) atoms. The molecule has 2 amide bonds. The van der Waals surface area contributed by atoms with Gasteiger partial charge in [0.15, 0.2) is 0 Å². The van der Waals surface area contributed by atoms with Crippen molar-refractivity contribution in [2.45, 2.75) is 64.1 Å². The molecule has 10 heteroatoms. The number of hydrogen-bond donors (Lipinski definition) is 1. The van der Waals surface area contributed by atoms with Gasteiger partial charge in [-0.25, -0.2) is 8.42 Å². The van der Waals surface area contributed by atoms with Crippen LogP contribution in [0, 0.1) is 0 Å². The fourth-order valence-electron chi connectivity index (χ4n) is 4.52. The van der Waals surface area contributed by atoms with Crippen LogP contribution >= 0.6 is 23.2 Å². The SMILES string of the molecule is CC[C@H](C(=O)NC1CCCCC1)N(Cc1ccccc1)C(=O)CN(c1cccc(Cl)c1Cl)S(C)(=O)=O. The molecule has 0 saturated heterocycles. The van der Waals surface area contributed by atoms with Gasteiger partial charge in [0.25, 0.3) is 0 Å². The summed E-state index contributed by atoms with van der Waals surface area (Å²) in [6.07, 6.45) is 6.53. The number of carbonyl (C=O) groups is 2. The molecular weight excluding hydrogens is 521 g/mol. The van der Waals surface area contributed by atoms with Gasteiger partial charge in [0.2, 0.25) is 21.8 Å². The molecule has 2 aromatic carbocycles. The molecule has 196 valence electrons. The van der Waals surface area contributed by atoms with Gasteiger partial charge in [0.05, 0.1) is 22.0 Å². The fraction of sp³-hybridized carbons (Fsp3) is 0.462. The van der Waals surface area contributed by atoms with Crippen LogP contribution in [0.3, 0.4) is 0 Å². The minimum Gasteiger partial charge on any atom is -0.352 e. The Bertz CT molecular complexity index is 1160. The summed E-state index contributed by atoms with van der Waals surface area (Å²) < 4.78 is 26.4. The molecule has 0 unspecified atom stereocenters. The molecule has 0 spiro atoms. The van der Waals surface area contributed by atoms with Crippen LogP contribution in [0.25, 0.3) is 0 Å². The van der Waals surface area contributed by atoms with Crippen LogP contribution in [0.2, 0.25) is 10.0 Å². The number of anilines is 1. The Morgan fingerprint density at radius 2 is 1.69 bits per heavy atom. The van der Waals surface area contributed by atoms with Gasteiger partial charge in [-0.05, 0) is 37.0 Å². The molecule has 0 aromatic heterocycles. The molecule has 1 fully saturated rings. The topological polar surface area (TPSA) is 86.8 Å². The normalized spacial score (nSPS) is 15.2. The third-order valence-electron chi connectivity index (χ3n) is 6.41. The summed E-state index contributed by atoms with van der Waals surface area (Å²) in [5.41, 5.74) is 0.945. The lowest BCUT2D eigenvalue weighted by Gasteiger charge is -2.34. The van der Waals surface area contributed by atoms with Crippen molar-refractivity contribution in [2.75, 3.05) is 17.1 Å². The van der Waals surface area contributed by atoms with E-state index in [2.05, 4.69) is 5.32 Å². The van der Waals surface area contributed by atoms with Crippen molar-refractivity contribution >= 4 is 50.7 Å². The third-order valence-corrected chi connectivity index (χ3v) is 8.35. The second-order valence-electron chi connectivity index (χ2n) is 9.12. The lowest BCUT2D eigenvalue weighted by molar-refractivity contribution is -0.140. The molecule has 0 heterocycles. The van der Waals surface area contributed by atoms with Gasteiger partial charge >= 0.3 is 0 Å². The van der Waals surface area contributed by atoms with Gasteiger partial charge < -0.3 is 10.2 Å². The molecule has 3 rings (SSSR count). The van der Waals surface area contributed by atoms with E-state index in [9.17, 15) is 18.0 Å². The summed E-state index contributed by atoms with van der Waals surface area (Å²) in [4.78, 5) is 28.6. The number of hydrogen-bond acceptors (Lipinski definition) is 4. The number of benzene rings is 2. The molecule has 0 bridgehead atoms. The molecule has 1 N–H and O–H groups in total. The molecule has 0 radical (unpaired) electrons. The molecule has 7 nitrogen and oxygen atoms in total. The van der Waals surface area contributed by atoms with Crippen molar-refractivity contribution in [3.05, 3.63) is 64.1 Å². The third kappa shape index (κ3) is 7.37. The summed E-state index contributed by atoms with van der Waals surface area (Å²) in [5.74, 6) is -0.730. The largest absolute Gasteiger partial charge is 0.352 e. The number of carbonyl (C=O) groups excluding carboxylic acids is 2. The molecule has 1 aliphatic rings. The first-order valence-electron chi connectivity index (χ1n) is 12.2. The predicted molar refractivity (Wildman–Crippen MR) is 145 cm³/mol. The molecule has 2 aromatic rings. The first-order chi connectivity index (χ1) is 17.1. The zero-order chi connectivity index (χ0) is 26.3. The van der Waals surface area contributed by atoms with Gasteiger partial charge in [-0.3, -0.25) is 13.9 Å². The van der Waals surface area contributed by atoms with E-state index in [1.54, 1.807) is 12.1 Å². The van der Waals surface area contributed by atoms with Crippen molar-refractivity contribution in [2.24, 2.45) is 0 Å². The van der Waals surface area contributed by atoms with E-state index in [0.29, 0.717) is 6.42 Å². The highest BCUT2D eigenvalue weighted by Crippen LogP contribution is 2.33. The highest BCUT2D eigenvalue weighted by molar-refractivity contribution is 7.92. The van der Waals surface area contributed by atoms with E-state index in [1.807, 2.05) is 37.3 Å². The van der Waals surface area contributed by atoms with Gasteiger partial charge in [0.1, 0.15) is 12.6 Å². The van der Waals surface area contributed by atoms with E-state index < -0.39 is 28.5 Å². The Morgan fingerprint density at radius 1 is 1.03 bits per heavy atom. The first kappa shape index (κ1) is 28.3. The predicted octanol–water partition coefficient (Wildman–Crippen LogP) is 5.02. The molecule has 1 saturated carbocycles. The van der Waals surface area contributed by atoms with Crippen LogP contribution in [0.4, 0.5) is 5.69 Å². The zero-order valence-corrected chi connectivity index (χ0v) is 23.0. The summed E-state index contributed by atoms with van der Waals surface area (Å²) in [5, 5.41) is 3.33. The first-order valence-corrected chi connectivity index (χ1v) is 14.8. The van der Waals surface area contributed by atoms with Crippen LogP contribution in [-0.2, 0) is 26.2 Å². The minimum absolute atomic E-state index is 0.0362. The van der Waals surface area contributed by atoms with E-state index in [-0.39, 0.29) is 34.2 Å². The minimum atomic E-state index is -3.89. The Balaban J connectivity index is 1.92. The zero-order valence-electron chi connectivity index (χ0n) is 20.6. The summed E-state index contributed by atoms with van der Waals surface area (Å²) in [7, 11) is -3.89. The Labute approximate surface area is 223 Å². The van der Waals surface area contributed by atoms with Crippen molar-refractivity contribution in [1.82, 2.24) is 10.2 Å². The van der Waals surface area contributed by atoms with Crippen LogP contribution in [0.5, 0.6) is 0 Å². The highest BCUT2D eigenvalue weighted by atomic mass is 35.5. The maximum Gasteiger partial charge on any atom is 0.244 e. The van der Waals surface area contributed by atoms with E-state index >= 15 is 0 Å². The van der Waals surface area contributed by atoms with E-state index in [1.165, 1.54) is 11.0 Å². The second-order valence-corrected chi connectivity index (χ2v) is 11.8. The highest BCUT2D eigenvalue weighted by Gasteiger charge is 2.33. The summed E-state index contributed by atoms with van der Waals surface area (Å²) in [6, 6.07) is 13.3. The smallest absolute Gasteiger partial charge is 0.244 e.